The van der Waals surface area contributed by atoms with E-state index in [1.54, 1.807) is 0 Å². The van der Waals surface area contributed by atoms with Crippen molar-refractivity contribution in [3.05, 3.63) is 104 Å². The van der Waals surface area contributed by atoms with Crippen molar-refractivity contribution < 1.29 is 0 Å². The van der Waals surface area contributed by atoms with Gasteiger partial charge in [0.25, 0.3) is 0 Å². The van der Waals surface area contributed by atoms with Gasteiger partial charge < -0.3 is 11.5 Å². The SMILES string of the molecule is Cc1cc(C)cc([C@@H](C)c2cc(C)cc([C@H](C)c3cc(C)cc(C)c3)c2C(N)CN)c1. The van der Waals surface area contributed by atoms with Crippen LogP contribution < -0.4 is 11.5 Å². The first-order valence-electron chi connectivity index (χ1n) is 11.4. The Morgan fingerprint density at radius 1 is 0.581 bits per heavy atom. The second-order valence-corrected chi connectivity index (χ2v) is 9.48. The molecule has 0 aliphatic carbocycles. The van der Waals surface area contributed by atoms with Crippen LogP contribution in [0.15, 0.2) is 48.5 Å². The third-order valence-corrected chi connectivity index (χ3v) is 6.43. The van der Waals surface area contributed by atoms with E-state index in [1.807, 2.05) is 0 Å². The van der Waals surface area contributed by atoms with E-state index in [0.29, 0.717) is 6.54 Å². The molecule has 0 radical (unpaired) electrons. The molecule has 0 spiro atoms. The number of rotatable bonds is 6. The normalized spacial score (nSPS) is 14.4. The lowest BCUT2D eigenvalue weighted by atomic mass is 9.78. The summed E-state index contributed by atoms with van der Waals surface area (Å²) < 4.78 is 0. The maximum Gasteiger partial charge on any atom is 0.0425 e. The molecule has 31 heavy (non-hydrogen) atoms. The molecule has 3 aromatic carbocycles. The molecule has 0 amide bonds. The number of benzene rings is 3. The average molecular weight is 415 g/mol. The van der Waals surface area contributed by atoms with E-state index < -0.39 is 0 Å². The van der Waals surface area contributed by atoms with Crippen LogP contribution in [0.4, 0.5) is 0 Å². The molecule has 0 heterocycles. The molecule has 3 atom stereocenters. The minimum Gasteiger partial charge on any atom is -0.329 e. The second kappa shape index (κ2) is 9.38. The highest BCUT2D eigenvalue weighted by atomic mass is 14.7. The second-order valence-electron chi connectivity index (χ2n) is 9.48. The molecule has 0 saturated carbocycles. The van der Waals surface area contributed by atoms with Crippen molar-refractivity contribution in [1.29, 1.82) is 0 Å². The Kier molecular flexibility index (Phi) is 7.03. The molecule has 0 aliphatic heterocycles. The highest BCUT2D eigenvalue weighted by molar-refractivity contribution is 5.51. The molecule has 2 nitrogen and oxygen atoms in total. The molecule has 4 N–H and O–H groups in total. The van der Waals surface area contributed by atoms with Crippen molar-refractivity contribution in [3.63, 3.8) is 0 Å². The van der Waals surface area contributed by atoms with E-state index in [-0.39, 0.29) is 17.9 Å². The van der Waals surface area contributed by atoms with Crippen LogP contribution in [0.2, 0.25) is 0 Å². The number of aryl methyl sites for hydroxylation is 5. The first kappa shape index (κ1) is 23.2. The molecule has 0 aliphatic rings. The van der Waals surface area contributed by atoms with Crippen molar-refractivity contribution in [2.24, 2.45) is 11.5 Å². The summed E-state index contributed by atoms with van der Waals surface area (Å²) in [5.74, 6) is 0.493. The Morgan fingerprint density at radius 2 is 0.903 bits per heavy atom. The minimum absolute atomic E-state index is 0.188. The van der Waals surface area contributed by atoms with Crippen molar-refractivity contribution in [1.82, 2.24) is 0 Å². The Bertz CT molecular complexity index is 961. The van der Waals surface area contributed by atoms with Crippen LogP contribution in [0.25, 0.3) is 0 Å². The van der Waals surface area contributed by atoms with Crippen LogP contribution in [0.5, 0.6) is 0 Å². The maximum atomic E-state index is 6.67. The summed E-state index contributed by atoms with van der Waals surface area (Å²) in [6, 6.07) is 18.1. The molecule has 2 heteroatoms. The highest BCUT2D eigenvalue weighted by Crippen LogP contribution is 2.38. The smallest absolute Gasteiger partial charge is 0.0425 e. The molecular formula is C29H38N2. The highest BCUT2D eigenvalue weighted by Gasteiger charge is 2.24. The fourth-order valence-electron chi connectivity index (χ4n) is 5.00. The van der Waals surface area contributed by atoms with Crippen LogP contribution in [-0.4, -0.2) is 6.54 Å². The van der Waals surface area contributed by atoms with Crippen molar-refractivity contribution in [2.75, 3.05) is 6.54 Å². The van der Waals surface area contributed by atoms with Gasteiger partial charge in [-0.3, -0.25) is 0 Å². The molecule has 164 valence electrons. The third kappa shape index (κ3) is 5.08. The van der Waals surface area contributed by atoms with E-state index in [0.717, 1.165) is 0 Å². The van der Waals surface area contributed by atoms with Crippen molar-refractivity contribution in [3.8, 4) is 0 Å². The predicted octanol–water partition coefficient (Wildman–Crippen LogP) is 6.49. The van der Waals surface area contributed by atoms with Gasteiger partial charge in [-0.25, -0.2) is 0 Å². The van der Waals surface area contributed by atoms with Gasteiger partial charge in [0.15, 0.2) is 0 Å². The Labute approximate surface area is 188 Å². The maximum absolute atomic E-state index is 6.67. The van der Waals surface area contributed by atoms with Crippen LogP contribution in [0, 0.1) is 34.6 Å². The van der Waals surface area contributed by atoms with Crippen LogP contribution in [-0.2, 0) is 0 Å². The zero-order valence-corrected chi connectivity index (χ0v) is 20.2. The molecule has 3 aromatic rings. The molecule has 0 aromatic heterocycles. The van der Waals surface area contributed by atoms with Gasteiger partial charge in [-0.15, -0.1) is 0 Å². The van der Waals surface area contributed by atoms with Gasteiger partial charge in [-0.05, 0) is 62.4 Å². The van der Waals surface area contributed by atoms with Gasteiger partial charge in [0.05, 0.1) is 0 Å². The third-order valence-electron chi connectivity index (χ3n) is 6.43. The number of hydrogen-bond donors (Lipinski definition) is 2. The van der Waals surface area contributed by atoms with E-state index in [1.165, 1.54) is 55.6 Å². The standard InChI is InChI=1S/C29H38N2/c1-17-8-18(2)11-24(10-17)22(6)26-14-21(5)15-27(29(26)28(31)16-30)23(7)25-12-19(3)9-20(4)13-25/h8-15,22-23,28H,16,30-31H2,1-7H3/t22-,23-,28?/m1/s1. The van der Waals surface area contributed by atoms with Gasteiger partial charge in [-0.2, -0.15) is 0 Å². The summed E-state index contributed by atoms with van der Waals surface area (Å²) in [7, 11) is 0. The lowest BCUT2D eigenvalue weighted by molar-refractivity contribution is 0.696. The number of hydrogen-bond acceptors (Lipinski definition) is 2. The lowest BCUT2D eigenvalue weighted by Gasteiger charge is -2.28. The zero-order valence-electron chi connectivity index (χ0n) is 20.2. The Morgan fingerprint density at radius 3 is 1.23 bits per heavy atom. The summed E-state index contributed by atoms with van der Waals surface area (Å²) in [5.41, 5.74) is 25.7. The summed E-state index contributed by atoms with van der Waals surface area (Å²) in [6.45, 7) is 15.9. The average Bonchev–Trinajstić information content (AvgIpc) is 2.70. The molecule has 3 rings (SSSR count). The van der Waals surface area contributed by atoms with E-state index in [9.17, 15) is 0 Å². The van der Waals surface area contributed by atoms with Gasteiger partial charge in [0.2, 0.25) is 0 Å². The quantitative estimate of drug-likeness (QED) is 0.484. The topological polar surface area (TPSA) is 52.0 Å². The first-order chi connectivity index (χ1) is 14.6. The van der Waals surface area contributed by atoms with Gasteiger partial charge in [-0.1, -0.05) is 90.2 Å². The molecule has 0 fully saturated rings. The van der Waals surface area contributed by atoms with E-state index >= 15 is 0 Å². The summed E-state index contributed by atoms with van der Waals surface area (Å²) in [6.07, 6.45) is 0. The minimum atomic E-state index is -0.188. The van der Waals surface area contributed by atoms with Crippen molar-refractivity contribution in [2.45, 2.75) is 66.3 Å². The van der Waals surface area contributed by atoms with Gasteiger partial charge >= 0.3 is 0 Å². The summed E-state index contributed by atoms with van der Waals surface area (Å²) in [4.78, 5) is 0. The Balaban J connectivity index is 2.22. The van der Waals surface area contributed by atoms with Gasteiger partial charge in [0.1, 0.15) is 0 Å². The molecular weight excluding hydrogens is 376 g/mol. The fourth-order valence-corrected chi connectivity index (χ4v) is 5.00. The summed E-state index contributed by atoms with van der Waals surface area (Å²) >= 11 is 0. The predicted molar refractivity (Wildman–Crippen MR) is 134 cm³/mol. The van der Waals surface area contributed by atoms with Crippen LogP contribution >= 0.6 is 0 Å². The van der Waals surface area contributed by atoms with Gasteiger partial charge in [0, 0.05) is 24.4 Å². The van der Waals surface area contributed by atoms with E-state index in [2.05, 4.69) is 97.0 Å². The summed E-state index contributed by atoms with van der Waals surface area (Å²) in [5, 5.41) is 0. The largest absolute Gasteiger partial charge is 0.329 e. The first-order valence-corrected chi connectivity index (χ1v) is 11.4. The fraction of sp³-hybridized carbons (Fsp3) is 0.379. The zero-order chi connectivity index (χ0) is 22.9. The van der Waals surface area contributed by atoms with Crippen LogP contribution in [0.1, 0.15) is 87.4 Å². The van der Waals surface area contributed by atoms with Crippen LogP contribution in [0.3, 0.4) is 0 Å². The van der Waals surface area contributed by atoms with E-state index in [4.69, 9.17) is 11.5 Å². The monoisotopic (exact) mass is 414 g/mol. The molecule has 0 saturated heterocycles. The number of nitrogens with two attached hydrogens (primary N) is 2. The lowest BCUT2D eigenvalue weighted by Crippen LogP contribution is -2.25. The Hall–Kier alpha value is -2.42. The molecule has 1 unspecified atom stereocenters. The van der Waals surface area contributed by atoms with Crippen molar-refractivity contribution >= 4 is 0 Å². The molecule has 0 bridgehead atoms.